The number of hydrogen-bond donors (Lipinski definition) is 1. The molecule has 0 spiro atoms. The van der Waals surface area contributed by atoms with Crippen molar-refractivity contribution in [3.63, 3.8) is 0 Å². The van der Waals surface area contributed by atoms with Crippen molar-refractivity contribution in [2.75, 3.05) is 0 Å². The van der Waals surface area contributed by atoms with Crippen LogP contribution in [-0.2, 0) is 5.60 Å². The van der Waals surface area contributed by atoms with Crippen LogP contribution in [0.5, 0.6) is 0 Å². The van der Waals surface area contributed by atoms with Gasteiger partial charge >= 0.3 is 0 Å². The lowest BCUT2D eigenvalue weighted by molar-refractivity contribution is -0.0113. The summed E-state index contributed by atoms with van der Waals surface area (Å²) in [5.74, 6) is 0.822. The van der Waals surface area contributed by atoms with Crippen LogP contribution in [0.15, 0.2) is 12.3 Å². The van der Waals surface area contributed by atoms with Gasteiger partial charge in [0.15, 0.2) is 0 Å². The lowest BCUT2D eigenvalue weighted by Gasteiger charge is -2.34. The van der Waals surface area contributed by atoms with Crippen molar-refractivity contribution in [3.05, 3.63) is 17.1 Å². The minimum Gasteiger partial charge on any atom is -0.384 e. The second-order valence-electron chi connectivity index (χ2n) is 4.26. The van der Waals surface area contributed by atoms with Crippen molar-refractivity contribution in [1.29, 1.82) is 0 Å². The molecular weight excluding hydrogens is 194 g/mol. The first kappa shape index (κ1) is 10.1. The van der Waals surface area contributed by atoms with Gasteiger partial charge in [-0.1, -0.05) is 13.3 Å². The van der Waals surface area contributed by atoms with Crippen LogP contribution >= 0.6 is 11.5 Å². The van der Waals surface area contributed by atoms with Crippen molar-refractivity contribution in [2.45, 2.75) is 44.6 Å². The Bertz CT molecular complexity index is 275. The highest BCUT2D eigenvalue weighted by Crippen LogP contribution is 2.41. The molecule has 0 bridgehead atoms. The third-order valence-corrected chi connectivity index (χ3v) is 4.35. The highest BCUT2D eigenvalue weighted by atomic mass is 32.1. The molecule has 1 aliphatic rings. The molecule has 78 valence electrons. The Kier molecular flexibility index (Phi) is 2.88. The molecule has 0 amide bonds. The standard InChI is InChI=1S/C11H17NOS/c1-2-9-3-6-11(13,7-4-9)10-5-8-12-14-10/h5,8-9,13H,2-4,6-7H2,1H3. The zero-order valence-corrected chi connectivity index (χ0v) is 9.39. The summed E-state index contributed by atoms with van der Waals surface area (Å²) >= 11 is 1.44. The van der Waals surface area contributed by atoms with E-state index in [4.69, 9.17) is 0 Å². The van der Waals surface area contributed by atoms with Gasteiger partial charge in [-0.05, 0) is 49.2 Å². The molecule has 0 aliphatic heterocycles. The van der Waals surface area contributed by atoms with Gasteiger partial charge in [-0.2, -0.15) is 0 Å². The first-order chi connectivity index (χ1) is 6.74. The van der Waals surface area contributed by atoms with E-state index >= 15 is 0 Å². The van der Waals surface area contributed by atoms with E-state index in [1.54, 1.807) is 6.20 Å². The monoisotopic (exact) mass is 211 g/mol. The largest absolute Gasteiger partial charge is 0.384 e. The third kappa shape index (κ3) is 1.84. The van der Waals surface area contributed by atoms with Gasteiger partial charge in [0.2, 0.25) is 0 Å². The molecule has 0 radical (unpaired) electrons. The summed E-state index contributed by atoms with van der Waals surface area (Å²) in [4.78, 5) is 1.05. The van der Waals surface area contributed by atoms with Crippen LogP contribution in [0.3, 0.4) is 0 Å². The minimum absolute atomic E-state index is 0.563. The zero-order valence-electron chi connectivity index (χ0n) is 8.57. The normalized spacial score (nSPS) is 33.1. The van der Waals surface area contributed by atoms with E-state index in [9.17, 15) is 5.11 Å². The summed E-state index contributed by atoms with van der Waals surface area (Å²) in [6.45, 7) is 2.24. The molecular formula is C11H17NOS. The molecule has 1 aromatic heterocycles. The Balaban J connectivity index is 2.06. The van der Waals surface area contributed by atoms with Crippen molar-refractivity contribution in [3.8, 4) is 0 Å². The zero-order chi connectivity index (χ0) is 10.0. The first-order valence-electron chi connectivity index (χ1n) is 5.38. The lowest BCUT2D eigenvalue weighted by Crippen LogP contribution is -2.30. The van der Waals surface area contributed by atoms with Crippen LogP contribution in [0.25, 0.3) is 0 Å². The van der Waals surface area contributed by atoms with E-state index in [1.807, 2.05) is 6.07 Å². The summed E-state index contributed by atoms with van der Waals surface area (Å²) in [5, 5.41) is 10.4. The maximum absolute atomic E-state index is 10.4. The van der Waals surface area contributed by atoms with Crippen LogP contribution in [0.1, 0.15) is 43.9 Å². The quantitative estimate of drug-likeness (QED) is 0.816. The predicted molar refractivity (Wildman–Crippen MR) is 58.3 cm³/mol. The molecule has 0 unspecified atom stereocenters. The van der Waals surface area contributed by atoms with E-state index < -0.39 is 5.60 Å². The Morgan fingerprint density at radius 1 is 1.57 bits per heavy atom. The highest BCUT2D eigenvalue weighted by molar-refractivity contribution is 7.05. The number of aromatic nitrogens is 1. The summed E-state index contributed by atoms with van der Waals surface area (Å²) in [5.41, 5.74) is -0.563. The van der Waals surface area contributed by atoms with Gasteiger partial charge in [-0.15, -0.1) is 0 Å². The maximum Gasteiger partial charge on any atom is 0.100 e. The molecule has 3 heteroatoms. The van der Waals surface area contributed by atoms with E-state index in [2.05, 4.69) is 11.3 Å². The molecule has 1 fully saturated rings. The molecule has 1 aliphatic carbocycles. The van der Waals surface area contributed by atoms with E-state index in [0.717, 1.165) is 36.5 Å². The predicted octanol–water partition coefficient (Wildman–Crippen LogP) is 2.93. The van der Waals surface area contributed by atoms with Crippen LogP contribution < -0.4 is 0 Å². The number of nitrogens with zero attached hydrogens (tertiary/aromatic N) is 1. The van der Waals surface area contributed by atoms with Crippen LogP contribution in [-0.4, -0.2) is 9.48 Å². The molecule has 1 N–H and O–H groups in total. The van der Waals surface area contributed by atoms with Crippen molar-refractivity contribution < 1.29 is 5.11 Å². The minimum atomic E-state index is -0.563. The molecule has 0 atom stereocenters. The summed E-state index contributed by atoms with van der Waals surface area (Å²) in [6.07, 6.45) is 7.17. The Labute approximate surface area is 89.1 Å². The van der Waals surface area contributed by atoms with Gasteiger partial charge < -0.3 is 5.11 Å². The molecule has 0 aromatic carbocycles. The van der Waals surface area contributed by atoms with Gasteiger partial charge in [-0.3, -0.25) is 0 Å². The van der Waals surface area contributed by atoms with Crippen LogP contribution in [0.4, 0.5) is 0 Å². The molecule has 2 rings (SSSR count). The van der Waals surface area contributed by atoms with Crippen molar-refractivity contribution >= 4 is 11.5 Å². The van der Waals surface area contributed by atoms with E-state index in [1.165, 1.54) is 18.0 Å². The maximum atomic E-state index is 10.4. The Morgan fingerprint density at radius 2 is 2.29 bits per heavy atom. The highest BCUT2D eigenvalue weighted by Gasteiger charge is 2.35. The molecule has 1 saturated carbocycles. The van der Waals surface area contributed by atoms with Crippen LogP contribution in [0, 0.1) is 5.92 Å². The Morgan fingerprint density at radius 3 is 2.79 bits per heavy atom. The SMILES string of the molecule is CCC1CCC(O)(c2ccns2)CC1. The molecule has 1 heterocycles. The summed E-state index contributed by atoms with van der Waals surface area (Å²) in [6, 6.07) is 1.96. The fraction of sp³-hybridized carbons (Fsp3) is 0.727. The van der Waals surface area contributed by atoms with Crippen molar-refractivity contribution in [1.82, 2.24) is 4.37 Å². The average molecular weight is 211 g/mol. The third-order valence-electron chi connectivity index (χ3n) is 3.41. The van der Waals surface area contributed by atoms with Gasteiger partial charge in [-0.25, -0.2) is 4.37 Å². The molecule has 0 saturated heterocycles. The van der Waals surface area contributed by atoms with Crippen molar-refractivity contribution in [2.24, 2.45) is 5.92 Å². The smallest absolute Gasteiger partial charge is 0.100 e. The average Bonchev–Trinajstić information content (AvgIpc) is 2.72. The molecule has 1 aromatic rings. The lowest BCUT2D eigenvalue weighted by atomic mass is 9.77. The van der Waals surface area contributed by atoms with Gasteiger partial charge in [0.1, 0.15) is 5.60 Å². The topological polar surface area (TPSA) is 33.1 Å². The number of hydrogen-bond acceptors (Lipinski definition) is 3. The molecule has 14 heavy (non-hydrogen) atoms. The number of aliphatic hydroxyl groups is 1. The fourth-order valence-electron chi connectivity index (χ4n) is 2.27. The summed E-state index contributed by atoms with van der Waals surface area (Å²) < 4.78 is 4.06. The summed E-state index contributed by atoms with van der Waals surface area (Å²) in [7, 11) is 0. The second-order valence-corrected chi connectivity index (χ2v) is 5.09. The van der Waals surface area contributed by atoms with Gasteiger partial charge in [0.25, 0.3) is 0 Å². The number of rotatable bonds is 2. The Hall–Kier alpha value is -0.410. The molecule has 2 nitrogen and oxygen atoms in total. The van der Waals surface area contributed by atoms with Crippen LogP contribution in [0.2, 0.25) is 0 Å². The van der Waals surface area contributed by atoms with E-state index in [-0.39, 0.29) is 0 Å². The fourth-order valence-corrected chi connectivity index (χ4v) is 3.00. The van der Waals surface area contributed by atoms with E-state index in [0.29, 0.717) is 0 Å². The van der Waals surface area contributed by atoms with Gasteiger partial charge in [0.05, 0.1) is 4.88 Å². The first-order valence-corrected chi connectivity index (χ1v) is 6.15. The van der Waals surface area contributed by atoms with Gasteiger partial charge in [0, 0.05) is 6.20 Å². The second kappa shape index (κ2) is 3.99.